The third-order valence-corrected chi connectivity index (χ3v) is 12.0. The zero-order chi connectivity index (χ0) is 41.8. The number of imide groups is 2. The van der Waals surface area contributed by atoms with Gasteiger partial charge in [0.25, 0.3) is 43.9 Å². The first-order chi connectivity index (χ1) is 26.5. The minimum atomic E-state index is -4.60. The number of fused-ring (bicyclic) bond motifs is 2. The molecule has 2 aromatic rings. The van der Waals surface area contributed by atoms with Crippen LogP contribution in [0.5, 0.6) is 0 Å². The molecule has 4 heterocycles. The van der Waals surface area contributed by atoms with Crippen LogP contribution in [0.4, 0.5) is 11.4 Å². The van der Waals surface area contributed by atoms with Crippen LogP contribution in [-0.2, 0) is 69.5 Å². The second-order valence-electron chi connectivity index (χ2n) is 14.7. The fraction of sp³-hybridized carbons (Fsp3) is 0.378. The molecule has 0 radical (unpaired) electrons. The van der Waals surface area contributed by atoms with Gasteiger partial charge < -0.3 is 14.6 Å². The van der Waals surface area contributed by atoms with E-state index in [9.17, 15) is 54.7 Å². The van der Waals surface area contributed by atoms with Gasteiger partial charge in [-0.1, -0.05) is 19.9 Å². The van der Waals surface area contributed by atoms with E-state index in [0.717, 1.165) is 0 Å². The van der Waals surface area contributed by atoms with Crippen molar-refractivity contribution in [1.29, 1.82) is 0 Å². The predicted octanol–water partition coefficient (Wildman–Crippen LogP) is -3.20. The molecule has 0 saturated carbocycles. The van der Waals surface area contributed by atoms with Crippen molar-refractivity contribution < 1.29 is 172 Å². The number of hydrogen-bond donors (Lipinski definition) is 2. The summed E-state index contributed by atoms with van der Waals surface area (Å²) in [4.78, 5) is 85.0. The summed E-state index contributed by atoms with van der Waals surface area (Å²) in [7, 11) is -9.19. The number of anilines is 1. The van der Waals surface area contributed by atoms with Crippen LogP contribution in [0, 0.1) is 0 Å². The molecular formula is C37H39K2N4O14S2+3. The van der Waals surface area contributed by atoms with Crippen LogP contribution < -0.4 is 108 Å². The molecule has 0 bridgehead atoms. The van der Waals surface area contributed by atoms with Crippen LogP contribution in [0.15, 0.2) is 70.1 Å². The standard InChI is InChI=1S/C37H38N4O14S2.2K/c1-36(2)24-20-22(56(48,49)50)8-10-26(24)38(18-16-34(46)54-40-30(42)12-13-31(40)43)28(36)6-5-7-29-37(3,4)25-21-23(57(51,52)53)9-11-27(25)39(29)19-17-35(47)55-41-32(44)14-15-33(41)45;;/h5-11,20-21H,12-19H2,1-4H3,(H-,48,49,50,51,52,53);;/q;2*+1/p+1. The van der Waals surface area contributed by atoms with Crippen molar-refractivity contribution in [3.05, 3.63) is 71.5 Å². The van der Waals surface area contributed by atoms with E-state index in [1.807, 2.05) is 0 Å². The summed E-state index contributed by atoms with van der Waals surface area (Å²) in [6.07, 6.45) is 4.14. The molecule has 0 spiro atoms. The van der Waals surface area contributed by atoms with Gasteiger partial charge in [0.15, 0.2) is 12.3 Å². The van der Waals surface area contributed by atoms with E-state index in [4.69, 9.17) is 9.68 Å². The number of allylic oxidation sites excluding steroid dienone is 4. The van der Waals surface area contributed by atoms with E-state index in [1.54, 1.807) is 55.4 Å². The Kier molecular flexibility index (Phi) is 15.5. The molecule has 2 aromatic carbocycles. The molecular weight excluding hydrogens is 867 g/mol. The van der Waals surface area contributed by atoms with Crippen LogP contribution in [0.25, 0.3) is 0 Å². The molecule has 22 heteroatoms. The zero-order valence-corrected chi connectivity index (χ0v) is 41.1. The molecule has 59 heavy (non-hydrogen) atoms. The van der Waals surface area contributed by atoms with Gasteiger partial charge in [-0.15, -0.1) is 10.1 Å². The average molecular weight is 906 g/mol. The van der Waals surface area contributed by atoms with E-state index in [2.05, 4.69) is 0 Å². The van der Waals surface area contributed by atoms with Crippen molar-refractivity contribution in [3.8, 4) is 0 Å². The molecule has 6 rings (SSSR count). The molecule has 302 valence electrons. The van der Waals surface area contributed by atoms with Gasteiger partial charge in [-0.3, -0.25) is 28.3 Å². The molecule has 4 amide bonds. The Hall–Kier alpha value is -2.30. The van der Waals surface area contributed by atoms with Gasteiger partial charge in [-0.25, -0.2) is 9.59 Å². The van der Waals surface area contributed by atoms with Gasteiger partial charge >= 0.3 is 115 Å². The average Bonchev–Trinajstić information content (AvgIpc) is 3.75. The summed E-state index contributed by atoms with van der Waals surface area (Å²) < 4.78 is 69.8. The maximum absolute atomic E-state index is 12.9. The van der Waals surface area contributed by atoms with E-state index in [-0.39, 0.29) is 164 Å². The largest absolute Gasteiger partial charge is 1.00 e. The number of nitrogens with zero attached hydrogens (tertiary/aromatic N) is 4. The first kappa shape index (κ1) is 49.4. The van der Waals surface area contributed by atoms with Crippen molar-refractivity contribution >= 4 is 72.9 Å². The van der Waals surface area contributed by atoms with Crippen molar-refractivity contribution in [2.75, 3.05) is 18.0 Å². The summed E-state index contributed by atoms with van der Waals surface area (Å²) in [5.41, 5.74) is 1.21. The summed E-state index contributed by atoms with van der Waals surface area (Å²) in [6.45, 7) is 7.11. The molecule has 0 atom stereocenters. The Bertz CT molecular complexity index is 2450. The third-order valence-electron chi connectivity index (χ3n) is 10.3. The van der Waals surface area contributed by atoms with Gasteiger partial charge in [0, 0.05) is 66.7 Å². The summed E-state index contributed by atoms with van der Waals surface area (Å²) in [5.74, 6) is -4.31. The topological polar surface area (TPSA) is 242 Å². The molecule has 2 N–H and O–H groups in total. The van der Waals surface area contributed by atoms with Crippen LogP contribution in [-0.4, -0.2) is 95.0 Å². The smallest absolute Gasteiger partial charge is 0.343 e. The fourth-order valence-electron chi connectivity index (χ4n) is 7.36. The quantitative estimate of drug-likeness (QED) is 0.0923. The van der Waals surface area contributed by atoms with Crippen LogP contribution in [0.3, 0.4) is 0 Å². The van der Waals surface area contributed by atoms with Gasteiger partial charge in [0.2, 0.25) is 5.69 Å². The van der Waals surface area contributed by atoms with Gasteiger partial charge in [0.1, 0.15) is 6.42 Å². The minimum absolute atomic E-state index is 0. The number of hydroxylamine groups is 4. The van der Waals surface area contributed by atoms with Crippen LogP contribution in [0.2, 0.25) is 0 Å². The maximum atomic E-state index is 12.9. The fourth-order valence-corrected chi connectivity index (χ4v) is 8.37. The Morgan fingerprint density at radius 1 is 0.729 bits per heavy atom. The monoisotopic (exact) mass is 905 g/mol. The molecule has 0 aliphatic carbocycles. The van der Waals surface area contributed by atoms with Crippen molar-refractivity contribution in [2.45, 2.75) is 86.8 Å². The number of carbonyl (C=O) groups excluding carboxylic acids is 6. The number of carbonyl (C=O) groups is 6. The maximum Gasteiger partial charge on any atom is 1.00 e. The zero-order valence-electron chi connectivity index (χ0n) is 33.3. The Morgan fingerprint density at radius 3 is 1.71 bits per heavy atom. The molecule has 0 aromatic heterocycles. The second kappa shape index (κ2) is 18.6. The number of hydrogen-bond acceptors (Lipinski definition) is 13. The molecule has 0 unspecified atom stereocenters. The number of rotatable bonds is 12. The van der Waals surface area contributed by atoms with Crippen molar-refractivity contribution in [1.82, 2.24) is 10.1 Å². The summed E-state index contributed by atoms with van der Waals surface area (Å²) >= 11 is 0. The SMILES string of the molecule is CC1(C)C(=CC=CC2=[N+](CCC(=O)ON3C(=O)CCC3=O)c3ccc(S(=O)(=O)O)cc3C2(C)C)N(CCC(=O)ON2C(=O)CCC2=O)c2ccc(S(=O)(=O)O)cc21.[K+].[K+]. The van der Waals surface area contributed by atoms with E-state index in [0.29, 0.717) is 44.0 Å². The molecule has 2 fully saturated rings. The first-order valence-electron chi connectivity index (χ1n) is 17.7. The molecule has 4 aliphatic rings. The van der Waals surface area contributed by atoms with Gasteiger partial charge in [-0.05, 0) is 55.8 Å². The van der Waals surface area contributed by atoms with E-state index >= 15 is 0 Å². The Morgan fingerprint density at radius 2 is 1.20 bits per heavy atom. The minimum Gasteiger partial charge on any atom is -0.343 e. The normalized spacial score (nSPS) is 19.0. The van der Waals surface area contributed by atoms with Crippen LogP contribution in [0.1, 0.15) is 77.3 Å². The van der Waals surface area contributed by atoms with Crippen molar-refractivity contribution in [2.24, 2.45) is 0 Å². The van der Waals surface area contributed by atoms with E-state index < -0.39 is 66.6 Å². The summed E-state index contributed by atoms with van der Waals surface area (Å²) in [6, 6.07) is 8.03. The number of benzene rings is 2. The van der Waals surface area contributed by atoms with E-state index in [1.165, 1.54) is 36.4 Å². The Labute approximate surface area is 425 Å². The van der Waals surface area contributed by atoms with Crippen molar-refractivity contribution in [3.63, 3.8) is 0 Å². The second-order valence-corrected chi connectivity index (χ2v) is 17.6. The number of amides is 4. The van der Waals surface area contributed by atoms with Gasteiger partial charge in [0.05, 0.1) is 21.6 Å². The van der Waals surface area contributed by atoms with Crippen LogP contribution >= 0.6 is 0 Å². The van der Waals surface area contributed by atoms with Gasteiger partial charge in [-0.2, -0.15) is 21.4 Å². The molecule has 2 saturated heterocycles. The molecule has 4 aliphatic heterocycles. The first-order valence-corrected chi connectivity index (χ1v) is 20.6. The predicted molar refractivity (Wildman–Crippen MR) is 197 cm³/mol. The molecule has 18 nitrogen and oxygen atoms in total. The Balaban J connectivity index is 0.00000384. The summed E-state index contributed by atoms with van der Waals surface area (Å²) in [5, 5.41) is 0.882. The third kappa shape index (κ3) is 10.2.